The van der Waals surface area contributed by atoms with Crippen molar-refractivity contribution in [2.75, 3.05) is 20.6 Å². The van der Waals surface area contributed by atoms with E-state index in [2.05, 4.69) is 5.32 Å². The van der Waals surface area contributed by atoms with E-state index in [0.717, 1.165) is 0 Å². The third-order valence-electron chi connectivity index (χ3n) is 2.09. The smallest absolute Gasteiger partial charge is 0.223 e. The molecule has 86 valence electrons. The average molecular weight is 221 g/mol. The van der Waals surface area contributed by atoms with Crippen LogP contribution in [0.2, 0.25) is 0 Å². The summed E-state index contributed by atoms with van der Waals surface area (Å²) < 4.78 is 5.17. The number of nitrogens with one attached hydrogen (secondary N) is 1. The molecule has 0 radical (unpaired) electrons. The number of amides is 1. The molecular formula is C11H15N3O2. The second kappa shape index (κ2) is 5.93. The van der Waals surface area contributed by atoms with Crippen LogP contribution in [0.1, 0.15) is 17.9 Å². The van der Waals surface area contributed by atoms with Crippen molar-refractivity contribution in [3.8, 4) is 6.07 Å². The summed E-state index contributed by atoms with van der Waals surface area (Å²) in [6, 6.07) is 5.29. The van der Waals surface area contributed by atoms with Crippen LogP contribution in [0.15, 0.2) is 16.5 Å². The van der Waals surface area contributed by atoms with Crippen LogP contribution in [-0.4, -0.2) is 31.4 Å². The zero-order valence-electron chi connectivity index (χ0n) is 9.49. The van der Waals surface area contributed by atoms with Crippen LogP contribution >= 0.6 is 0 Å². The van der Waals surface area contributed by atoms with E-state index in [9.17, 15) is 4.79 Å². The lowest BCUT2D eigenvalue weighted by atomic mass is 10.3. The molecule has 0 bridgehead atoms. The van der Waals surface area contributed by atoms with Crippen molar-refractivity contribution in [1.82, 2.24) is 10.2 Å². The lowest BCUT2D eigenvalue weighted by Gasteiger charge is -2.09. The molecule has 1 aromatic heterocycles. The zero-order valence-corrected chi connectivity index (χ0v) is 9.49. The largest absolute Gasteiger partial charge is 0.449 e. The molecule has 0 aliphatic heterocycles. The molecule has 0 saturated carbocycles. The summed E-state index contributed by atoms with van der Waals surface area (Å²) in [7, 11) is 3.46. The third-order valence-corrected chi connectivity index (χ3v) is 2.09. The topological polar surface area (TPSA) is 69.3 Å². The number of hydrogen-bond donors (Lipinski definition) is 1. The van der Waals surface area contributed by atoms with Crippen molar-refractivity contribution in [2.45, 2.75) is 13.0 Å². The highest BCUT2D eigenvalue weighted by Crippen LogP contribution is 2.05. The molecule has 0 aromatic carbocycles. The molecule has 5 heteroatoms. The van der Waals surface area contributed by atoms with Gasteiger partial charge in [-0.3, -0.25) is 4.79 Å². The van der Waals surface area contributed by atoms with Gasteiger partial charge in [0.25, 0.3) is 0 Å². The monoisotopic (exact) mass is 221 g/mol. The Hall–Kier alpha value is -1.80. The van der Waals surface area contributed by atoms with Crippen LogP contribution in [0.5, 0.6) is 0 Å². The number of carbonyl (C=O) groups excluding carboxylic acids is 1. The standard InChI is InChI=1S/C11H15N3O2/c1-14(2)11(15)5-6-13-8-10-4-3-9(7-12)16-10/h3-4,13H,5-6,8H2,1-2H3. The molecule has 1 amide bonds. The van der Waals surface area contributed by atoms with Crippen LogP contribution in [0.25, 0.3) is 0 Å². The fourth-order valence-corrected chi connectivity index (χ4v) is 1.16. The van der Waals surface area contributed by atoms with Gasteiger partial charge in [-0.1, -0.05) is 0 Å². The number of furan rings is 1. The number of nitriles is 1. The molecule has 0 aliphatic rings. The Morgan fingerprint density at radius 1 is 1.56 bits per heavy atom. The van der Waals surface area contributed by atoms with Crippen molar-refractivity contribution >= 4 is 5.91 Å². The fraction of sp³-hybridized carbons (Fsp3) is 0.455. The SMILES string of the molecule is CN(C)C(=O)CCNCc1ccc(C#N)o1. The molecule has 0 saturated heterocycles. The molecule has 0 spiro atoms. The molecule has 1 N–H and O–H groups in total. The van der Waals surface area contributed by atoms with Gasteiger partial charge in [0, 0.05) is 27.1 Å². The molecule has 0 unspecified atom stereocenters. The highest BCUT2D eigenvalue weighted by molar-refractivity contribution is 5.75. The van der Waals surface area contributed by atoms with Crippen LogP contribution in [0.3, 0.4) is 0 Å². The molecule has 0 atom stereocenters. The summed E-state index contributed by atoms with van der Waals surface area (Å²) in [6.45, 7) is 1.13. The summed E-state index contributed by atoms with van der Waals surface area (Å²) in [5, 5.41) is 11.6. The molecule has 1 heterocycles. The van der Waals surface area contributed by atoms with Crippen molar-refractivity contribution in [3.63, 3.8) is 0 Å². The first-order chi connectivity index (χ1) is 7.63. The Morgan fingerprint density at radius 2 is 2.31 bits per heavy atom. The Balaban J connectivity index is 2.21. The first-order valence-corrected chi connectivity index (χ1v) is 5.03. The summed E-state index contributed by atoms with van der Waals surface area (Å²) in [5.74, 6) is 1.10. The maximum atomic E-state index is 11.2. The van der Waals surface area contributed by atoms with E-state index in [-0.39, 0.29) is 5.91 Å². The Bertz CT molecular complexity index is 390. The van der Waals surface area contributed by atoms with E-state index in [1.807, 2.05) is 6.07 Å². The van der Waals surface area contributed by atoms with Gasteiger partial charge in [-0.2, -0.15) is 5.26 Å². The predicted molar refractivity (Wildman–Crippen MR) is 58.4 cm³/mol. The molecule has 0 aliphatic carbocycles. The lowest BCUT2D eigenvalue weighted by molar-refractivity contribution is -0.128. The Kier molecular flexibility index (Phi) is 4.55. The molecule has 1 aromatic rings. The van der Waals surface area contributed by atoms with Crippen LogP contribution in [0.4, 0.5) is 0 Å². The third kappa shape index (κ3) is 3.75. The van der Waals surface area contributed by atoms with Gasteiger partial charge in [-0.25, -0.2) is 0 Å². The minimum absolute atomic E-state index is 0.0876. The number of rotatable bonds is 5. The van der Waals surface area contributed by atoms with Gasteiger partial charge in [-0.15, -0.1) is 0 Å². The maximum Gasteiger partial charge on any atom is 0.223 e. The second-order valence-corrected chi connectivity index (χ2v) is 3.59. The molecule has 1 rings (SSSR count). The lowest BCUT2D eigenvalue weighted by Crippen LogP contribution is -2.26. The molecule has 16 heavy (non-hydrogen) atoms. The minimum Gasteiger partial charge on any atom is -0.449 e. The van der Waals surface area contributed by atoms with Crippen molar-refractivity contribution in [2.24, 2.45) is 0 Å². The van der Waals surface area contributed by atoms with Crippen LogP contribution in [-0.2, 0) is 11.3 Å². The molecule has 0 fully saturated rings. The van der Waals surface area contributed by atoms with E-state index in [4.69, 9.17) is 9.68 Å². The van der Waals surface area contributed by atoms with Gasteiger partial charge in [-0.05, 0) is 12.1 Å². The van der Waals surface area contributed by atoms with Gasteiger partial charge in [0.2, 0.25) is 11.7 Å². The van der Waals surface area contributed by atoms with E-state index >= 15 is 0 Å². The fourth-order valence-electron chi connectivity index (χ4n) is 1.16. The summed E-state index contributed by atoms with van der Waals surface area (Å²) >= 11 is 0. The number of nitrogens with zero attached hydrogens (tertiary/aromatic N) is 2. The van der Waals surface area contributed by atoms with Crippen molar-refractivity contribution < 1.29 is 9.21 Å². The first-order valence-electron chi connectivity index (χ1n) is 5.03. The predicted octanol–water partition coefficient (Wildman–Crippen LogP) is 0.719. The normalized spacial score (nSPS) is 9.81. The number of carbonyl (C=O) groups is 1. The summed E-state index contributed by atoms with van der Waals surface area (Å²) in [5.41, 5.74) is 0. The van der Waals surface area contributed by atoms with Gasteiger partial charge in [0.1, 0.15) is 11.8 Å². The second-order valence-electron chi connectivity index (χ2n) is 3.59. The van der Waals surface area contributed by atoms with Gasteiger partial charge < -0.3 is 14.6 Å². The van der Waals surface area contributed by atoms with Gasteiger partial charge in [0.15, 0.2) is 0 Å². The molecular weight excluding hydrogens is 206 g/mol. The van der Waals surface area contributed by atoms with Crippen LogP contribution in [0, 0.1) is 11.3 Å². The van der Waals surface area contributed by atoms with E-state index in [1.54, 1.807) is 31.1 Å². The minimum atomic E-state index is 0.0876. The van der Waals surface area contributed by atoms with E-state index < -0.39 is 0 Å². The van der Waals surface area contributed by atoms with Crippen molar-refractivity contribution in [3.05, 3.63) is 23.7 Å². The average Bonchev–Trinajstić information content (AvgIpc) is 2.71. The highest BCUT2D eigenvalue weighted by Gasteiger charge is 2.04. The quantitative estimate of drug-likeness (QED) is 0.744. The highest BCUT2D eigenvalue weighted by atomic mass is 16.3. The van der Waals surface area contributed by atoms with E-state index in [0.29, 0.717) is 31.0 Å². The maximum absolute atomic E-state index is 11.2. The molecule has 5 nitrogen and oxygen atoms in total. The number of hydrogen-bond acceptors (Lipinski definition) is 4. The van der Waals surface area contributed by atoms with Crippen LogP contribution < -0.4 is 5.32 Å². The zero-order chi connectivity index (χ0) is 12.0. The summed E-state index contributed by atoms with van der Waals surface area (Å²) in [4.78, 5) is 12.8. The Morgan fingerprint density at radius 3 is 2.88 bits per heavy atom. The van der Waals surface area contributed by atoms with E-state index in [1.165, 1.54) is 0 Å². The first kappa shape index (κ1) is 12.3. The van der Waals surface area contributed by atoms with Gasteiger partial charge >= 0.3 is 0 Å². The summed E-state index contributed by atoms with van der Waals surface area (Å²) in [6.07, 6.45) is 0.457. The van der Waals surface area contributed by atoms with Gasteiger partial charge in [0.05, 0.1) is 6.54 Å². The van der Waals surface area contributed by atoms with Crippen molar-refractivity contribution in [1.29, 1.82) is 5.26 Å². The Labute approximate surface area is 94.6 Å².